The van der Waals surface area contributed by atoms with Gasteiger partial charge in [0, 0.05) is 5.92 Å². The van der Waals surface area contributed by atoms with E-state index in [4.69, 9.17) is 0 Å². The minimum absolute atomic E-state index is 0.0660. The predicted octanol–water partition coefficient (Wildman–Crippen LogP) is 3.88. The van der Waals surface area contributed by atoms with Gasteiger partial charge in [-0.1, -0.05) is 18.6 Å². The Bertz CT molecular complexity index is 475. The van der Waals surface area contributed by atoms with Gasteiger partial charge in [0.25, 0.3) is 0 Å². The van der Waals surface area contributed by atoms with Crippen molar-refractivity contribution in [3.63, 3.8) is 0 Å². The molecule has 3 heteroatoms. The number of ketones is 1. The summed E-state index contributed by atoms with van der Waals surface area (Å²) in [7, 11) is 0. The van der Waals surface area contributed by atoms with E-state index in [9.17, 15) is 15.0 Å². The third kappa shape index (κ3) is 3.88. The summed E-state index contributed by atoms with van der Waals surface area (Å²) in [5.74, 6) is 0.408. The molecule has 2 N–H and O–H groups in total. The molecular weight excluding hydrogens is 288 g/mol. The Morgan fingerprint density at radius 2 is 2.00 bits per heavy atom. The van der Waals surface area contributed by atoms with E-state index in [-0.39, 0.29) is 23.0 Å². The summed E-state index contributed by atoms with van der Waals surface area (Å²) in [6, 6.07) is 0. The zero-order valence-corrected chi connectivity index (χ0v) is 15.4. The summed E-state index contributed by atoms with van der Waals surface area (Å²) in [5.41, 5.74) is 0.656. The summed E-state index contributed by atoms with van der Waals surface area (Å²) in [4.78, 5) is 11.9. The molecule has 0 aromatic carbocycles. The zero-order valence-electron chi connectivity index (χ0n) is 15.4. The Kier molecular flexibility index (Phi) is 5.42. The number of aliphatic hydroxyl groups excluding tert-OH is 1. The largest absolute Gasteiger partial charge is 0.392 e. The van der Waals surface area contributed by atoms with Crippen LogP contribution in [0.15, 0.2) is 11.6 Å². The van der Waals surface area contributed by atoms with Crippen molar-refractivity contribution in [2.24, 2.45) is 23.2 Å². The van der Waals surface area contributed by atoms with Crippen LogP contribution in [0.25, 0.3) is 0 Å². The maximum atomic E-state index is 11.9. The third-order valence-electron chi connectivity index (χ3n) is 6.58. The van der Waals surface area contributed by atoms with Gasteiger partial charge in [-0.2, -0.15) is 0 Å². The maximum absolute atomic E-state index is 11.9. The molecule has 0 radical (unpaired) electrons. The molecular formula is C20H34O3. The molecule has 3 nitrogen and oxygen atoms in total. The topological polar surface area (TPSA) is 57.5 Å². The first-order valence-corrected chi connectivity index (χ1v) is 9.11. The van der Waals surface area contributed by atoms with E-state index in [2.05, 4.69) is 26.8 Å². The number of fused-ring (bicyclic) bond motifs is 1. The smallest absolute Gasteiger partial charge is 0.135 e. The number of allylic oxidation sites excluding steroid dienone is 2. The van der Waals surface area contributed by atoms with Crippen LogP contribution < -0.4 is 0 Å². The molecule has 1 unspecified atom stereocenters. The molecule has 0 spiro atoms. The van der Waals surface area contributed by atoms with Crippen LogP contribution in [0.2, 0.25) is 0 Å². The summed E-state index contributed by atoms with van der Waals surface area (Å²) in [6.07, 6.45) is 6.81. The number of hydrogen-bond acceptors (Lipinski definition) is 3. The predicted molar refractivity (Wildman–Crippen MR) is 93.0 cm³/mol. The van der Waals surface area contributed by atoms with Crippen molar-refractivity contribution < 1.29 is 15.0 Å². The highest BCUT2D eigenvalue weighted by Crippen LogP contribution is 2.59. The van der Waals surface area contributed by atoms with E-state index in [1.165, 1.54) is 5.57 Å². The Balaban J connectivity index is 2.14. The highest BCUT2D eigenvalue weighted by Gasteiger charge is 2.55. The molecule has 0 aromatic heterocycles. The average molecular weight is 322 g/mol. The first kappa shape index (κ1) is 18.7. The summed E-state index contributed by atoms with van der Waals surface area (Å²) >= 11 is 0. The molecule has 2 aliphatic carbocycles. The van der Waals surface area contributed by atoms with Gasteiger partial charge in [-0.25, -0.2) is 0 Å². The quantitative estimate of drug-likeness (QED) is 0.755. The van der Waals surface area contributed by atoms with Crippen LogP contribution in [0.1, 0.15) is 73.1 Å². The van der Waals surface area contributed by atoms with E-state index < -0.39 is 11.7 Å². The van der Waals surface area contributed by atoms with E-state index in [1.807, 2.05) is 6.92 Å². The van der Waals surface area contributed by atoms with E-state index in [1.54, 1.807) is 6.92 Å². The van der Waals surface area contributed by atoms with Gasteiger partial charge in [-0.3, -0.25) is 4.79 Å². The van der Waals surface area contributed by atoms with Crippen molar-refractivity contribution in [2.45, 2.75) is 84.8 Å². The van der Waals surface area contributed by atoms with Crippen molar-refractivity contribution in [2.75, 3.05) is 0 Å². The molecule has 6 atom stereocenters. The maximum Gasteiger partial charge on any atom is 0.135 e. The standard InChI is InChI=1S/C20H34O3/c1-13(2)7-6-9-20(5,23)16-8-10-19(4)12-18(22)15(14(3)21)11-17(16)19/h7,15-18,22-23H,6,8-12H2,1-5H3/t15-,16-,17+,18+,19-,20?/m1/s1. The van der Waals surface area contributed by atoms with Crippen LogP contribution in [-0.4, -0.2) is 27.7 Å². The fourth-order valence-corrected chi connectivity index (χ4v) is 5.13. The van der Waals surface area contributed by atoms with Crippen molar-refractivity contribution in [1.29, 1.82) is 0 Å². The highest BCUT2D eigenvalue weighted by molar-refractivity contribution is 5.79. The number of carbonyl (C=O) groups is 1. The third-order valence-corrected chi connectivity index (χ3v) is 6.58. The molecule has 0 heterocycles. The van der Waals surface area contributed by atoms with Crippen LogP contribution in [0, 0.1) is 23.2 Å². The second-order valence-corrected chi connectivity index (χ2v) is 8.81. The van der Waals surface area contributed by atoms with Gasteiger partial charge in [0.2, 0.25) is 0 Å². The molecule has 0 amide bonds. The van der Waals surface area contributed by atoms with Gasteiger partial charge < -0.3 is 10.2 Å². The molecule has 2 saturated carbocycles. The average Bonchev–Trinajstić information content (AvgIpc) is 2.73. The molecule has 0 saturated heterocycles. The normalized spacial score (nSPS) is 39.4. The van der Waals surface area contributed by atoms with E-state index in [0.29, 0.717) is 12.3 Å². The van der Waals surface area contributed by atoms with E-state index in [0.717, 1.165) is 32.1 Å². The first-order valence-electron chi connectivity index (χ1n) is 9.11. The number of carbonyl (C=O) groups excluding carboxylic acids is 1. The number of hydrogen-bond donors (Lipinski definition) is 2. The van der Waals surface area contributed by atoms with E-state index >= 15 is 0 Å². The van der Waals surface area contributed by atoms with Crippen molar-refractivity contribution in [1.82, 2.24) is 0 Å². The van der Waals surface area contributed by atoms with Gasteiger partial charge in [0.1, 0.15) is 5.78 Å². The second-order valence-electron chi connectivity index (χ2n) is 8.81. The Morgan fingerprint density at radius 1 is 1.35 bits per heavy atom. The van der Waals surface area contributed by atoms with Crippen molar-refractivity contribution in [3.8, 4) is 0 Å². The van der Waals surface area contributed by atoms with Gasteiger partial charge >= 0.3 is 0 Å². The molecule has 0 aromatic rings. The van der Waals surface area contributed by atoms with Crippen LogP contribution in [-0.2, 0) is 4.79 Å². The van der Waals surface area contributed by atoms with Gasteiger partial charge in [0.05, 0.1) is 11.7 Å². The van der Waals surface area contributed by atoms with Gasteiger partial charge in [0.15, 0.2) is 0 Å². The molecule has 2 rings (SSSR count). The number of aliphatic hydroxyl groups is 2. The molecule has 0 bridgehead atoms. The lowest BCUT2D eigenvalue weighted by Crippen LogP contribution is -2.47. The van der Waals surface area contributed by atoms with Crippen LogP contribution in [0.4, 0.5) is 0 Å². The Labute approximate surface area is 141 Å². The number of Topliss-reactive ketones (excluding diaryl/α,β-unsaturated/α-hetero) is 1. The van der Waals surface area contributed by atoms with Crippen LogP contribution in [0.5, 0.6) is 0 Å². The summed E-state index contributed by atoms with van der Waals surface area (Å²) in [6.45, 7) is 9.97. The number of rotatable bonds is 5. The first-order chi connectivity index (χ1) is 10.6. The lowest BCUT2D eigenvalue weighted by molar-refractivity contribution is -0.133. The molecule has 2 aliphatic rings. The van der Waals surface area contributed by atoms with Crippen molar-refractivity contribution in [3.05, 3.63) is 11.6 Å². The van der Waals surface area contributed by atoms with Crippen molar-refractivity contribution >= 4 is 5.78 Å². The lowest BCUT2D eigenvalue weighted by Gasteiger charge is -2.46. The van der Waals surface area contributed by atoms with Crippen LogP contribution in [0.3, 0.4) is 0 Å². The molecule has 23 heavy (non-hydrogen) atoms. The molecule has 0 aliphatic heterocycles. The second kappa shape index (κ2) is 6.68. The summed E-state index contributed by atoms with van der Waals surface area (Å²) < 4.78 is 0. The summed E-state index contributed by atoms with van der Waals surface area (Å²) in [5, 5.41) is 21.4. The van der Waals surface area contributed by atoms with Gasteiger partial charge in [-0.05, 0) is 83.5 Å². The SMILES string of the molecule is CC(=O)[C@H]1C[C@H]2[C@H](C(C)(O)CCC=C(C)C)CC[C@]2(C)C[C@@H]1O. The Hall–Kier alpha value is -0.670. The fourth-order valence-electron chi connectivity index (χ4n) is 5.13. The fraction of sp³-hybridized carbons (Fsp3) is 0.850. The zero-order chi connectivity index (χ0) is 17.4. The van der Waals surface area contributed by atoms with Gasteiger partial charge in [-0.15, -0.1) is 0 Å². The molecule has 2 fully saturated rings. The monoisotopic (exact) mass is 322 g/mol. The molecule has 132 valence electrons. The lowest BCUT2D eigenvalue weighted by atomic mass is 9.60. The highest BCUT2D eigenvalue weighted by atomic mass is 16.3. The minimum Gasteiger partial charge on any atom is -0.392 e. The minimum atomic E-state index is -0.696. The Morgan fingerprint density at radius 3 is 2.57 bits per heavy atom. The van der Waals surface area contributed by atoms with Crippen LogP contribution >= 0.6 is 0 Å².